The predicted molar refractivity (Wildman–Crippen MR) is 68.7 cm³/mol. The molecule has 2 N–H and O–H groups in total. The zero-order chi connectivity index (χ0) is 13.1. The van der Waals surface area contributed by atoms with Gasteiger partial charge in [0.25, 0.3) is 0 Å². The van der Waals surface area contributed by atoms with Crippen LogP contribution in [0.5, 0.6) is 0 Å². The fraction of sp³-hybridized carbons (Fsp3) is 0.846. The van der Waals surface area contributed by atoms with E-state index >= 15 is 0 Å². The third-order valence-electron chi connectivity index (χ3n) is 4.30. The van der Waals surface area contributed by atoms with Gasteiger partial charge < -0.3 is 15.5 Å². The van der Waals surface area contributed by atoms with Crippen molar-refractivity contribution >= 4 is 11.8 Å². The molecule has 0 bridgehead atoms. The van der Waals surface area contributed by atoms with Gasteiger partial charge >= 0.3 is 0 Å². The Morgan fingerprint density at radius 3 is 2.50 bits per heavy atom. The molecule has 0 atom stereocenters. The standard InChI is InChI=1S/C13H23N3O2/c1-15-6-7-16(9-12(15)17)13(18)11-4-2-10(8-14)3-5-11/h10-11H,2-9,14H2,1H3. The largest absolute Gasteiger partial charge is 0.342 e. The molecule has 0 aromatic carbocycles. The Balaban J connectivity index is 1.86. The van der Waals surface area contributed by atoms with Crippen molar-refractivity contribution in [1.29, 1.82) is 0 Å². The van der Waals surface area contributed by atoms with E-state index in [1.807, 2.05) is 0 Å². The first kappa shape index (κ1) is 13.3. The van der Waals surface area contributed by atoms with E-state index in [0.717, 1.165) is 32.2 Å². The number of carbonyl (C=O) groups is 2. The molecule has 1 saturated heterocycles. The third-order valence-corrected chi connectivity index (χ3v) is 4.30. The van der Waals surface area contributed by atoms with Gasteiger partial charge in [-0.25, -0.2) is 0 Å². The highest BCUT2D eigenvalue weighted by molar-refractivity contribution is 5.87. The molecule has 2 rings (SSSR count). The quantitative estimate of drug-likeness (QED) is 0.756. The number of piperazine rings is 1. The summed E-state index contributed by atoms with van der Waals surface area (Å²) < 4.78 is 0. The lowest BCUT2D eigenvalue weighted by Crippen LogP contribution is -2.52. The van der Waals surface area contributed by atoms with Crippen LogP contribution in [0.15, 0.2) is 0 Å². The summed E-state index contributed by atoms with van der Waals surface area (Å²) in [6.45, 7) is 2.32. The van der Waals surface area contributed by atoms with Crippen LogP contribution in [-0.4, -0.2) is 54.8 Å². The number of hydrogen-bond donors (Lipinski definition) is 1. The monoisotopic (exact) mass is 253 g/mol. The van der Waals surface area contributed by atoms with E-state index in [1.54, 1.807) is 16.8 Å². The Labute approximate surface area is 108 Å². The normalized spacial score (nSPS) is 29.6. The van der Waals surface area contributed by atoms with Crippen molar-refractivity contribution in [2.75, 3.05) is 33.2 Å². The maximum absolute atomic E-state index is 12.3. The van der Waals surface area contributed by atoms with Crippen molar-refractivity contribution in [2.45, 2.75) is 25.7 Å². The number of hydrogen-bond acceptors (Lipinski definition) is 3. The number of likely N-dealkylation sites (N-methyl/N-ethyl adjacent to an activating group) is 1. The molecule has 18 heavy (non-hydrogen) atoms. The van der Waals surface area contributed by atoms with Gasteiger partial charge in [-0.2, -0.15) is 0 Å². The van der Waals surface area contributed by atoms with Crippen LogP contribution in [0.1, 0.15) is 25.7 Å². The van der Waals surface area contributed by atoms with E-state index in [-0.39, 0.29) is 24.3 Å². The molecule has 0 unspecified atom stereocenters. The zero-order valence-corrected chi connectivity index (χ0v) is 11.1. The minimum Gasteiger partial charge on any atom is -0.342 e. The minimum atomic E-state index is 0.0465. The van der Waals surface area contributed by atoms with Crippen LogP contribution < -0.4 is 5.73 Å². The Bertz CT molecular complexity index is 324. The summed E-state index contributed by atoms with van der Waals surface area (Å²) in [6, 6.07) is 0. The maximum Gasteiger partial charge on any atom is 0.241 e. The van der Waals surface area contributed by atoms with Crippen LogP contribution >= 0.6 is 0 Å². The predicted octanol–water partition coefficient (Wildman–Crippen LogP) is 0.0521. The summed E-state index contributed by atoms with van der Waals surface area (Å²) in [7, 11) is 1.79. The molecule has 5 heteroatoms. The highest BCUT2D eigenvalue weighted by Crippen LogP contribution is 2.29. The average molecular weight is 253 g/mol. The van der Waals surface area contributed by atoms with Crippen LogP contribution in [0.25, 0.3) is 0 Å². The van der Waals surface area contributed by atoms with Gasteiger partial charge in [-0.05, 0) is 38.1 Å². The van der Waals surface area contributed by atoms with Gasteiger partial charge in [0, 0.05) is 26.1 Å². The van der Waals surface area contributed by atoms with E-state index in [2.05, 4.69) is 0 Å². The summed E-state index contributed by atoms with van der Waals surface area (Å²) in [5.74, 6) is 0.921. The lowest BCUT2D eigenvalue weighted by Gasteiger charge is -2.36. The van der Waals surface area contributed by atoms with Crippen LogP contribution in [-0.2, 0) is 9.59 Å². The summed E-state index contributed by atoms with van der Waals surface area (Å²) in [5, 5.41) is 0. The molecular weight excluding hydrogens is 230 g/mol. The molecule has 102 valence electrons. The summed E-state index contributed by atoms with van der Waals surface area (Å²) in [4.78, 5) is 27.4. The van der Waals surface area contributed by atoms with Crippen LogP contribution in [0.2, 0.25) is 0 Å². The van der Waals surface area contributed by atoms with Gasteiger partial charge in [-0.3, -0.25) is 9.59 Å². The Morgan fingerprint density at radius 1 is 1.28 bits per heavy atom. The molecule has 5 nitrogen and oxygen atoms in total. The Morgan fingerprint density at radius 2 is 1.94 bits per heavy atom. The van der Waals surface area contributed by atoms with E-state index < -0.39 is 0 Å². The molecule has 2 fully saturated rings. The van der Waals surface area contributed by atoms with E-state index in [0.29, 0.717) is 19.0 Å². The number of carbonyl (C=O) groups excluding carboxylic acids is 2. The molecule has 1 aliphatic carbocycles. The molecule has 0 radical (unpaired) electrons. The minimum absolute atomic E-state index is 0.0465. The van der Waals surface area contributed by atoms with Gasteiger partial charge in [0.15, 0.2) is 0 Å². The first-order chi connectivity index (χ1) is 8.61. The van der Waals surface area contributed by atoms with Crippen molar-refractivity contribution in [1.82, 2.24) is 9.80 Å². The SMILES string of the molecule is CN1CCN(C(=O)C2CCC(CN)CC2)CC1=O. The Kier molecular flexibility index (Phi) is 4.22. The molecule has 0 aromatic heterocycles. The molecular formula is C13H23N3O2. The summed E-state index contributed by atoms with van der Waals surface area (Å²) >= 11 is 0. The Hall–Kier alpha value is -1.10. The first-order valence-corrected chi connectivity index (χ1v) is 6.84. The van der Waals surface area contributed by atoms with Crippen LogP contribution in [0.3, 0.4) is 0 Å². The molecule has 2 aliphatic rings. The topological polar surface area (TPSA) is 66.6 Å². The lowest BCUT2D eigenvalue weighted by molar-refractivity contribution is -0.147. The van der Waals surface area contributed by atoms with Crippen molar-refractivity contribution in [3.05, 3.63) is 0 Å². The fourth-order valence-electron chi connectivity index (χ4n) is 2.85. The second-order valence-electron chi connectivity index (χ2n) is 5.53. The molecule has 1 saturated carbocycles. The zero-order valence-electron chi connectivity index (χ0n) is 11.1. The number of amides is 2. The molecule has 2 amide bonds. The molecule has 1 aliphatic heterocycles. The molecule has 0 spiro atoms. The van der Waals surface area contributed by atoms with E-state index in [9.17, 15) is 9.59 Å². The summed E-state index contributed by atoms with van der Waals surface area (Å²) in [5.41, 5.74) is 5.66. The second kappa shape index (κ2) is 5.69. The van der Waals surface area contributed by atoms with Crippen LogP contribution in [0.4, 0.5) is 0 Å². The smallest absolute Gasteiger partial charge is 0.241 e. The van der Waals surface area contributed by atoms with Crippen molar-refractivity contribution in [2.24, 2.45) is 17.6 Å². The molecule has 0 aromatic rings. The van der Waals surface area contributed by atoms with Crippen molar-refractivity contribution in [3.63, 3.8) is 0 Å². The third kappa shape index (κ3) is 2.83. The highest BCUT2D eigenvalue weighted by Gasteiger charge is 2.32. The van der Waals surface area contributed by atoms with Gasteiger partial charge in [-0.15, -0.1) is 0 Å². The van der Waals surface area contributed by atoms with E-state index in [4.69, 9.17) is 5.73 Å². The van der Waals surface area contributed by atoms with Crippen LogP contribution in [0, 0.1) is 11.8 Å². The number of nitrogens with two attached hydrogens (primary N) is 1. The summed E-state index contributed by atoms with van der Waals surface area (Å²) in [6.07, 6.45) is 3.96. The fourth-order valence-corrected chi connectivity index (χ4v) is 2.85. The second-order valence-corrected chi connectivity index (χ2v) is 5.53. The van der Waals surface area contributed by atoms with Crippen molar-refractivity contribution < 1.29 is 9.59 Å². The van der Waals surface area contributed by atoms with Gasteiger partial charge in [0.2, 0.25) is 11.8 Å². The first-order valence-electron chi connectivity index (χ1n) is 6.84. The molecule has 1 heterocycles. The van der Waals surface area contributed by atoms with Gasteiger partial charge in [0.1, 0.15) is 0 Å². The van der Waals surface area contributed by atoms with E-state index in [1.165, 1.54) is 0 Å². The van der Waals surface area contributed by atoms with Gasteiger partial charge in [0.05, 0.1) is 6.54 Å². The van der Waals surface area contributed by atoms with Crippen molar-refractivity contribution in [3.8, 4) is 0 Å². The number of rotatable bonds is 2. The maximum atomic E-state index is 12.3. The highest BCUT2D eigenvalue weighted by atomic mass is 16.2. The van der Waals surface area contributed by atoms with Gasteiger partial charge in [-0.1, -0.05) is 0 Å². The number of nitrogens with zero attached hydrogens (tertiary/aromatic N) is 2. The average Bonchev–Trinajstić information content (AvgIpc) is 2.41. The lowest BCUT2D eigenvalue weighted by atomic mass is 9.81.